The summed E-state index contributed by atoms with van der Waals surface area (Å²) in [4.78, 5) is 14.2. The van der Waals surface area contributed by atoms with Crippen LogP contribution in [0, 0.1) is 5.41 Å². The molecule has 0 aliphatic rings. The molecule has 1 unspecified atom stereocenters. The average Bonchev–Trinajstić information content (AvgIpc) is 2.70. The zero-order valence-corrected chi connectivity index (χ0v) is 9.64. The van der Waals surface area contributed by atoms with Crippen molar-refractivity contribution in [3.63, 3.8) is 0 Å². The Morgan fingerprint density at radius 3 is 2.67 bits per heavy atom. The fraction of sp³-hybridized carbons (Fsp3) is 0.333. The lowest BCUT2D eigenvalue weighted by molar-refractivity contribution is -0.103. The van der Waals surface area contributed by atoms with Gasteiger partial charge in [-0.3, -0.25) is 5.41 Å². The third kappa shape index (κ3) is 2.08. The maximum atomic E-state index is 9.64. The Kier molecular flexibility index (Phi) is 3.08. The number of nitrogens with two attached hydrogens (primary N) is 2. The molecule has 9 heteroatoms. The number of nitrogens with one attached hydrogen (secondary N) is 2. The first-order chi connectivity index (χ1) is 8.52. The summed E-state index contributed by atoms with van der Waals surface area (Å²) in [6.45, 7) is 2.06. The first-order valence-electron chi connectivity index (χ1n) is 5.20. The number of nitrogens with zero attached hydrogens (tertiary/aromatic N) is 3. The number of aromatic amines is 1. The minimum absolute atomic E-state index is 0.00500. The Morgan fingerprint density at radius 1 is 1.33 bits per heavy atom. The summed E-state index contributed by atoms with van der Waals surface area (Å²) in [5, 5.41) is 17.0. The Bertz CT molecular complexity index is 593. The minimum atomic E-state index is -1.21. The molecule has 0 aliphatic carbocycles. The normalized spacial score (nSPS) is 12.8. The van der Waals surface area contributed by atoms with E-state index in [1.165, 1.54) is 0 Å². The molecule has 0 bridgehead atoms. The average molecular weight is 251 g/mol. The monoisotopic (exact) mass is 251 g/mol. The quantitative estimate of drug-likeness (QED) is 0.438. The van der Waals surface area contributed by atoms with Crippen molar-refractivity contribution < 1.29 is 9.84 Å². The van der Waals surface area contributed by atoms with Crippen molar-refractivity contribution in [1.82, 2.24) is 19.9 Å². The molecule has 2 aromatic rings. The van der Waals surface area contributed by atoms with Crippen molar-refractivity contribution in [1.29, 1.82) is 5.41 Å². The van der Waals surface area contributed by atoms with Gasteiger partial charge in [0.2, 0.25) is 11.9 Å². The van der Waals surface area contributed by atoms with E-state index in [2.05, 4.69) is 19.9 Å². The zero-order valence-electron chi connectivity index (χ0n) is 9.64. The van der Waals surface area contributed by atoms with E-state index in [0.717, 1.165) is 0 Å². The van der Waals surface area contributed by atoms with Crippen LogP contribution in [0.25, 0.3) is 11.0 Å². The molecule has 2 aromatic heterocycles. The molecule has 2 rings (SSSR count). The molecule has 0 aromatic carbocycles. The molecule has 7 N–H and O–H groups in total. The number of aromatic nitrogens is 4. The van der Waals surface area contributed by atoms with Crippen LogP contribution in [0.5, 0.6) is 0 Å². The summed E-state index contributed by atoms with van der Waals surface area (Å²) in [6.07, 6.45) is -1.21. The molecule has 0 saturated heterocycles. The van der Waals surface area contributed by atoms with Crippen LogP contribution in [0.3, 0.4) is 0 Å². The molecule has 0 saturated carbocycles. The molecular weight excluding hydrogens is 238 g/mol. The second-order valence-electron chi connectivity index (χ2n) is 3.47. The van der Waals surface area contributed by atoms with Crippen molar-refractivity contribution in [3.8, 4) is 0 Å². The highest BCUT2D eigenvalue weighted by atomic mass is 16.6. The Morgan fingerprint density at radius 2 is 2.00 bits per heavy atom. The summed E-state index contributed by atoms with van der Waals surface area (Å²) in [6, 6.07) is 0. The van der Waals surface area contributed by atoms with Gasteiger partial charge in [-0.1, -0.05) is 0 Å². The fourth-order valence-electron chi connectivity index (χ4n) is 1.48. The lowest BCUT2D eigenvalue weighted by Crippen LogP contribution is -2.10. The first-order valence-corrected chi connectivity index (χ1v) is 5.20. The molecule has 96 valence electrons. The van der Waals surface area contributed by atoms with Gasteiger partial charge < -0.3 is 26.3 Å². The second-order valence-corrected chi connectivity index (χ2v) is 3.47. The zero-order chi connectivity index (χ0) is 13.3. The molecule has 0 amide bonds. The van der Waals surface area contributed by atoms with Crippen LogP contribution in [0.2, 0.25) is 0 Å². The molecule has 9 nitrogen and oxygen atoms in total. The van der Waals surface area contributed by atoms with Crippen LogP contribution in [-0.4, -0.2) is 31.6 Å². The Hall–Kier alpha value is -2.26. The molecule has 0 radical (unpaired) electrons. The third-order valence-corrected chi connectivity index (χ3v) is 2.23. The van der Waals surface area contributed by atoms with Gasteiger partial charge in [0.25, 0.3) is 0 Å². The van der Waals surface area contributed by atoms with Crippen LogP contribution in [0.4, 0.5) is 11.6 Å². The fourth-order valence-corrected chi connectivity index (χ4v) is 1.48. The van der Waals surface area contributed by atoms with E-state index in [1.807, 2.05) is 0 Å². The number of hydrogen-bond acceptors (Lipinski definition) is 8. The largest absolute Gasteiger partial charge is 0.382 e. The first kappa shape index (κ1) is 12.2. The predicted molar refractivity (Wildman–Crippen MR) is 62.9 cm³/mol. The number of rotatable bonds is 3. The SMILES string of the molecule is CCOC(O)c1nc2c(N)nc(=N)nc(N)c2[nH]1. The van der Waals surface area contributed by atoms with Gasteiger partial charge in [0.05, 0.1) is 0 Å². The number of ether oxygens (including phenoxy) is 1. The smallest absolute Gasteiger partial charge is 0.245 e. The summed E-state index contributed by atoms with van der Waals surface area (Å²) in [5.41, 5.74) is 11.6. The number of hydrogen-bond donors (Lipinski definition) is 5. The van der Waals surface area contributed by atoms with Gasteiger partial charge in [0.15, 0.2) is 17.5 Å². The summed E-state index contributed by atoms with van der Waals surface area (Å²) >= 11 is 0. The van der Waals surface area contributed by atoms with E-state index >= 15 is 0 Å². The van der Waals surface area contributed by atoms with Crippen LogP contribution in [0.1, 0.15) is 19.0 Å². The van der Waals surface area contributed by atoms with Gasteiger partial charge in [-0.05, 0) is 6.92 Å². The lowest BCUT2D eigenvalue weighted by Gasteiger charge is -2.05. The maximum absolute atomic E-state index is 9.64. The van der Waals surface area contributed by atoms with Crippen molar-refractivity contribution in [2.75, 3.05) is 18.1 Å². The summed E-state index contributed by atoms with van der Waals surface area (Å²) < 4.78 is 4.99. The molecule has 1 atom stereocenters. The second kappa shape index (κ2) is 4.55. The Labute approximate surface area is 101 Å². The molecule has 18 heavy (non-hydrogen) atoms. The predicted octanol–water partition coefficient (Wildman–Crippen LogP) is -0.976. The van der Waals surface area contributed by atoms with E-state index in [-0.39, 0.29) is 28.6 Å². The van der Waals surface area contributed by atoms with Gasteiger partial charge >= 0.3 is 0 Å². The number of H-pyrrole nitrogens is 1. The maximum Gasteiger partial charge on any atom is 0.245 e. The molecular formula is C9H13N7O2. The number of imidazole rings is 1. The van der Waals surface area contributed by atoms with Gasteiger partial charge in [0, 0.05) is 6.61 Å². The number of anilines is 2. The van der Waals surface area contributed by atoms with Crippen molar-refractivity contribution >= 4 is 22.7 Å². The van der Waals surface area contributed by atoms with E-state index in [9.17, 15) is 5.11 Å². The van der Waals surface area contributed by atoms with Crippen LogP contribution < -0.4 is 17.1 Å². The van der Waals surface area contributed by atoms with Gasteiger partial charge in [0.1, 0.15) is 11.0 Å². The number of aliphatic hydroxyl groups excluding tert-OH is 1. The molecule has 0 fully saturated rings. The third-order valence-electron chi connectivity index (χ3n) is 2.23. The van der Waals surface area contributed by atoms with Gasteiger partial charge in [-0.2, -0.15) is 9.97 Å². The highest BCUT2D eigenvalue weighted by molar-refractivity contribution is 5.90. The van der Waals surface area contributed by atoms with Crippen molar-refractivity contribution in [2.24, 2.45) is 0 Å². The molecule has 2 heterocycles. The van der Waals surface area contributed by atoms with Gasteiger partial charge in [-0.15, -0.1) is 0 Å². The van der Waals surface area contributed by atoms with E-state index in [0.29, 0.717) is 12.1 Å². The number of nitrogen functional groups attached to an aromatic ring is 2. The van der Waals surface area contributed by atoms with Crippen molar-refractivity contribution in [2.45, 2.75) is 13.2 Å². The van der Waals surface area contributed by atoms with E-state index in [4.69, 9.17) is 21.6 Å². The topological polar surface area (TPSA) is 160 Å². The summed E-state index contributed by atoms with van der Waals surface area (Å²) in [5.74, 6) is 0.193. The van der Waals surface area contributed by atoms with E-state index in [1.54, 1.807) is 6.92 Å². The van der Waals surface area contributed by atoms with Crippen LogP contribution in [-0.2, 0) is 4.74 Å². The van der Waals surface area contributed by atoms with Crippen LogP contribution in [0.15, 0.2) is 0 Å². The highest BCUT2D eigenvalue weighted by Crippen LogP contribution is 2.21. The highest BCUT2D eigenvalue weighted by Gasteiger charge is 2.15. The Balaban J connectivity index is 2.66. The summed E-state index contributed by atoms with van der Waals surface area (Å²) in [7, 11) is 0. The number of fused-ring (bicyclic) bond motifs is 1. The van der Waals surface area contributed by atoms with Crippen LogP contribution >= 0.6 is 0 Å². The van der Waals surface area contributed by atoms with Gasteiger partial charge in [-0.25, -0.2) is 4.98 Å². The van der Waals surface area contributed by atoms with Crippen molar-refractivity contribution in [3.05, 3.63) is 11.4 Å². The minimum Gasteiger partial charge on any atom is -0.382 e. The lowest BCUT2D eigenvalue weighted by atomic mass is 10.4. The molecule has 0 spiro atoms. The number of aliphatic hydroxyl groups is 1. The standard InChI is InChI=1S/C9H13N7O2/c1-2-18-8(17)7-13-3-4(14-7)6(11)16-9(12)15-5(3)10/h8,17H,2H2,1H3,(H,13,14)(H5,10,11,12,15,16). The van der Waals surface area contributed by atoms with E-state index < -0.39 is 6.29 Å². The molecule has 0 aliphatic heterocycles.